The van der Waals surface area contributed by atoms with E-state index in [1.807, 2.05) is 34.9 Å². The number of hydrogen-bond acceptors (Lipinski definition) is 5. The summed E-state index contributed by atoms with van der Waals surface area (Å²) in [6.45, 7) is 0. The van der Waals surface area contributed by atoms with Crippen molar-refractivity contribution in [2.45, 2.75) is 57.1 Å². The van der Waals surface area contributed by atoms with Crippen molar-refractivity contribution < 1.29 is 14.7 Å². The van der Waals surface area contributed by atoms with Gasteiger partial charge in [-0.2, -0.15) is 0 Å². The largest absolute Gasteiger partial charge is 0.393 e. The number of aromatic nitrogens is 2. The number of primary amides is 1. The van der Waals surface area contributed by atoms with Crippen LogP contribution in [0.25, 0.3) is 22.2 Å². The lowest BCUT2D eigenvalue weighted by atomic mass is 9.93. The maximum atomic E-state index is 12.7. The zero-order chi connectivity index (χ0) is 21.5. The Labute approximate surface area is 180 Å². The molecule has 7 nitrogen and oxygen atoms in total. The van der Waals surface area contributed by atoms with Crippen molar-refractivity contribution in [1.29, 1.82) is 0 Å². The van der Waals surface area contributed by atoms with Gasteiger partial charge in [-0.3, -0.25) is 14.2 Å². The minimum absolute atomic E-state index is 0.108. The molecule has 0 unspecified atom stereocenters. The Kier molecular flexibility index (Phi) is 4.98. The Morgan fingerprint density at radius 3 is 2.65 bits per heavy atom. The first-order valence-electron chi connectivity index (χ1n) is 10.9. The fourth-order valence-electron chi connectivity index (χ4n) is 4.94. The molecule has 4 N–H and O–H groups in total. The first kappa shape index (κ1) is 19.8. The van der Waals surface area contributed by atoms with Gasteiger partial charge in [0.2, 0.25) is 5.91 Å². The molecule has 160 valence electrons. The zero-order valence-corrected chi connectivity index (χ0v) is 17.3. The number of pyridine rings is 1. The molecule has 0 atom stereocenters. The third-order valence-corrected chi connectivity index (χ3v) is 6.48. The number of carbonyl (C=O) groups is 2. The van der Waals surface area contributed by atoms with Crippen LogP contribution in [-0.4, -0.2) is 38.6 Å². The first-order chi connectivity index (χ1) is 15.0. The fraction of sp³-hybridized carbons (Fsp3) is 0.375. The molecule has 1 fully saturated rings. The highest BCUT2D eigenvalue weighted by Gasteiger charge is 2.27. The van der Waals surface area contributed by atoms with Crippen LogP contribution in [0.1, 0.15) is 59.4 Å². The lowest BCUT2D eigenvalue weighted by Crippen LogP contribution is -2.29. The molecular formula is C24H26N4O3. The number of para-hydroxylation sites is 1. The summed E-state index contributed by atoms with van der Waals surface area (Å²) in [5, 5.41) is 14.2. The summed E-state index contributed by atoms with van der Waals surface area (Å²) in [6, 6.07) is 11.6. The Morgan fingerprint density at radius 2 is 1.87 bits per heavy atom. The van der Waals surface area contributed by atoms with Crippen LogP contribution in [0.5, 0.6) is 0 Å². The van der Waals surface area contributed by atoms with Crippen molar-refractivity contribution >= 4 is 28.5 Å². The standard InChI is InChI=1S/C24H26N4O3/c25-23(31)17-12-13-18(27-24(17)26-14-8-10-15(29)11-9-14)22-16-4-1-2-5-19(16)28-20(22)6-3-7-21(28)30/h1-2,4-5,12-15,29H,3,6-11H2,(H2,25,31)(H,26,27). The highest BCUT2D eigenvalue weighted by atomic mass is 16.3. The number of hydrogen-bond donors (Lipinski definition) is 3. The number of fused-ring (bicyclic) bond motifs is 3. The molecule has 2 aromatic heterocycles. The number of aliphatic hydroxyl groups is 1. The van der Waals surface area contributed by atoms with E-state index in [-0.39, 0.29) is 18.1 Å². The van der Waals surface area contributed by atoms with E-state index in [1.165, 1.54) is 0 Å². The van der Waals surface area contributed by atoms with Gasteiger partial charge in [0.05, 0.1) is 22.9 Å². The van der Waals surface area contributed by atoms with Crippen LogP contribution >= 0.6 is 0 Å². The molecule has 0 saturated heterocycles. The van der Waals surface area contributed by atoms with Gasteiger partial charge in [-0.15, -0.1) is 0 Å². The minimum Gasteiger partial charge on any atom is -0.393 e. The quantitative estimate of drug-likeness (QED) is 0.601. The molecule has 0 bridgehead atoms. The summed E-state index contributed by atoms with van der Waals surface area (Å²) >= 11 is 0. The van der Waals surface area contributed by atoms with Gasteiger partial charge in [-0.25, -0.2) is 4.98 Å². The van der Waals surface area contributed by atoms with Crippen LogP contribution in [-0.2, 0) is 6.42 Å². The average molecular weight is 418 g/mol. The second-order valence-electron chi connectivity index (χ2n) is 8.53. The van der Waals surface area contributed by atoms with Gasteiger partial charge in [0.25, 0.3) is 5.91 Å². The normalized spacial score (nSPS) is 21.1. The molecule has 1 saturated carbocycles. The predicted octanol–water partition coefficient (Wildman–Crippen LogP) is 3.49. The van der Waals surface area contributed by atoms with Gasteiger partial charge in [0, 0.05) is 29.1 Å². The topological polar surface area (TPSA) is 110 Å². The number of nitrogens with two attached hydrogens (primary N) is 1. The van der Waals surface area contributed by atoms with Crippen molar-refractivity contribution in [1.82, 2.24) is 9.55 Å². The van der Waals surface area contributed by atoms with E-state index in [1.54, 1.807) is 6.07 Å². The molecule has 1 amide bonds. The third-order valence-electron chi connectivity index (χ3n) is 6.48. The van der Waals surface area contributed by atoms with Crippen molar-refractivity contribution in [2.24, 2.45) is 5.73 Å². The van der Waals surface area contributed by atoms with E-state index in [0.29, 0.717) is 17.8 Å². The van der Waals surface area contributed by atoms with Gasteiger partial charge in [-0.05, 0) is 56.7 Å². The van der Waals surface area contributed by atoms with Crippen LogP contribution in [0.4, 0.5) is 5.82 Å². The lowest BCUT2D eigenvalue weighted by molar-refractivity contribution is 0.0889. The third kappa shape index (κ3) is 3.49. The maximum absolute atomic E-state index is 12.7. The number of nitrogens with zero attached hydrogens (tertiary/aromatic N) is 2. The maximum Gasteiger partial charge on any atom is 0.252 e. The summed E-state index contributed by atoms with van der Waals surface area (Å²) < 4.78 is 1.83. The number of anilines is 1. The van der Waals surface area contributed by atoms with Gasteiger partial charge >= 0.3 is 0 Å². The van der Waals surface area contributed by atoms with Crippen LogP contribution in [0, 0.1) is 0 Å². The van der Waals surface area contributed by atoms with E-state index >= 15 is 0 Å². The predicted molar refractivity (Wildman–Crippen MR) is 119 cm³/mol. The van der Waals surface area contributed by atoms with Crippen LogP contribution < -0.4 is 11.1 Å². The summed E-state index contributed by atoms with van der Waals surface area (Å²) in [7, 11) is 0. The van der Waals surface area contributed by atoms with E-state index < -0.39 is 5.91 Å². The minimum atomic E-state index is -0.531. The lowest BCUT2D eigenvalue weighted by Gasteiger charge is -2.27. The summed E-state index contributed by atoms with van der Waals surface area (Å²) in [6.07, 6.45) is 4.97. The van der Waals surface area contributed by atoms with Gasteiger partial charge < -0.3 is 16.2 Å². The molecule has 1 aromatic carbocycles. The van der Waals surface area contributed by atoms with Crippen LogP contribution in [0.3, 0.4) is 0 Å². The highest BCUT2D eigenvalue weighted by molar-refractivity contribution is 6.05. The Balaban J connectivity index is 1.62. The summed E-state index contributed by atoms with van der Waals surface area (Å²) in [4.78, 5) is 29.6. The van der Waals surface area contributed by atoms with Gasteiger partial charge in [0.1, 0.15) is 5.82 Å². The molecule has 5 rings (SSSR count). The van der Waals surface area contributed by atoms with Crippen LogP contribution in [0.2, 0.25) is 0 Å². The highest BCUT2D eigenvalue weighted by Crippen LogP contribution is 2.38. The van der Waals surface area contributed by atoms with Crippen molar-refractivity contribution in [3.8, 4) is 11.3 Å². The number of benzene rings is 1. The first-order valence-corrected chi connectivity index (χ1v) is 10.9. The van der Waals surface area contributed by atoms with Crippen molar-refractivity contribution in [3.63, 3.8) is 0 Å². The van der Waals surface area contributed by atoms with Crippen LogP contribution in [0.15, 0.2) is 36.4 Å². The summed E-state index contributed by atoms with van der Waals surface area (Å²) in [5.74, 6) is 0.0467. The second kappa shape index (κ2) is 7.81. The molecular weight excluding hydrogens is 392 g/mol. The van der Waals surface area contributed by atoms with E-state index in [9.17, 15) is 14.7 Å². The molecule has 3 heterocycles. The SMILES string of the molecule is NC(=O)c1ccc(-c2c3n(c4ccccc24)C(=O)CCC3)nc1NC1CCC(O)CC1. The molecule has 1 aliphatic heterocycles. The fourth-order valence-corrected chi connectivity index (χ4v) is 4.94. The van der Waals surface area contributed by atoms with Gasteiger partial charge in [0.15, 0.2) is 0 Å². The Hall–Kier alpha value is -3.19. The molecule has 31 heavy (non-hydrogen) atoms. The average Bonchev–Trinajstić information content (AvgIpc) is 3.11. The molecule has 0 spiro atoms. The molecule has 2 aliphatic rings. The van der Waals surface area contributed by atoms with E-state index in [4.69, 9.17) is 10.7 Å². The number of rotatable bonds is 4. The Bertz CT molecular complexity index is 1180. The smallest absolute Gasteiger partial charge is 0.252 e. The zero-order valence-electron chi connectivity index (χ0n) is 17.3. The van der Waals surface area contributed by atoms with Gasteiger partial charge in [-0.1, -0.05) is 18.2 Å². The van der Waals surface area contributed by atoms with Crippen molar-refractivity contribution in [2.75, 3.05) is 5.32 Å². The molecule has 1 aliphatic carbocycles. The van der Waals surface area contributed by atoms with E-state index in [2.05, 4.69) is 5.32 Å². The second-order valence-corrected chi connectivity index (χ2v) is 8.53. The number of aliphatic hydroxyl groups excluding tert-OH is 1. The number of nitrogens with one attached hydrogen (secondary N) is 1. The molecule has 7 heteroatoms. The Morgan fingerprint density at radius 1 is 1.10 bits per heavy atom. The monoisotopic (exact) mass is 418 g/mol. The number of amides is 1. The summed E-state index contributed by atoms with van der Waals surface area (Å²) in [5.41, 5.74) is 9.52. The number of carbonyl (C=O) groups excluding carboxylic acids is 2. The molecule has 3 aromatic rings. The van der Waals surface area contributed by atoms with E-state index in [0.717, 1.165) is 66.4 Å². The molecule has 0 radical (unpaired) electrons. The van der Waals surface area contributed by atoms with Crippen molar-refractivity contribution in [3.05, 3.63) is 47.7 Å².